The summed E-state index contributed by atoms with van der Waals surface area (Å²) in [5.41, 5.74) is 3.54. The number of hydrogen-bond donors (Lipinski definition) is 1. The highest BCUT2D eigenvalue weighted by atomic mass is 16.5. The summed E-state index contributed by atoms with van der Waals surface area (Å²) in [6, 6.07) is 6.22. The van der Waals surface area contributed by atoms with Crippen LogP contribution in [0, 0.1) is 11.8 Å². The first-order valence-electron chi connectivity index (χ1n) is 10.8. The standard InChI is InChI=1S/C22H25N5O3/c28-12-13-10-16-18-19(30-22(16)24-11-13)21(27-6-8-29-9-7-27)26-20(25-18)15-2-1-3-17-14(15)4-5-23-17/h1-3,11-13,16,18-19,22-23H,4-10H2. The molecule has 2 saturated heterocycles. The highest BCUT2D eigenvalue weighted by Gasteiger charge is 2.51. The first kappa shape index (κ1) is 18.2. The van der Waals surface area contributed by atoms with Gasteiger partial charge in [0.15, 0.2) is 12.1 Å². The highest BCUT2D eigenvalue weighted by Crippen LogP contribution is 2.40. The van der Waals surface area contributed by atoms with E-state index in [1.54, 1.807) is 6.21 Å². The van der Waals surface area contributed by atoms with Gasteiger partial charge in [-0.25, -0.2) is 4.99 Å². The van der Waals surface area contributed by atoms with Gasteiger partial charge in [-0.2, -0.15) is 0 Å². The van der Waals surface area contributed by atoms with Gasteiger partial charge in [0.05, 0.1) is 25.2 Å². The van der Waals surface area contributed by atoms with Crippen LogP contribution in [0.15, 0.2) is 33.2 Å². The lowest BCUT2D eigenvalue weighted by Crippen LogP contribution is -2.50. The van der Waals surface area contributed by atoms with Gasteiger partial charge in [0.25, 0.3) is 0 Å². The van der Waals surface area contributed by atoms with E-state index in [0.29, 0.717) is 13.2 Å². The SMILES string of the molecule is O=CC1C=NC2OC3C(N4CCOCC4)=NC(c4cccc5c4CCN5)=NC3C2C1. The molecule has 0 spiro atoms. The van der Waals surface area contributed by atoms with E-state index in [0.717, 1.165) is 56.0 Å². The minimum atomic E-state index is -0.256. The number of carbonyl (C=O) groups excluding carboxylic acids is 1. The van der Waals surface area contributed by atoms with Crippen molar-refractivity contribution in [2.75, 3.05) is 38.2 Å². The summed E-state index contributed by atoms with van der Waals surface area (Å²) in [7, 11) is 0. The number of ether oxygens (including phenoxy) is 2. The number of anilines is 1. The van der Waals surface area contributed by atoms with Gasteiger partial charge in [0, 0.05) is 43.0 Å². The van der Waals surface area contributed by atoms with E-state index in [1.165, 1.54) is 11.3 Å². The number of nitrogens with one attached hydrogen (secondary N) is 1. The molecule has 1 N–H and O–H groups in total. The van der Waals surface area contributed by atoms with Crippen molar-refractivity contribution in [1.82, 2.24) is 4.90 Å². The second-order valence-corrected chi connectivity index (χ2v) is 8.47. The van der Waals surface area contributed by atoms with Crippen LogP contribution in [0.25, 0.3) is 0 Å². The third-order valence-corrected chi connectivity index (χ3v) is 6.73. The van der Waals surface area contributed by atoms with Crippen molar-refractivity contribution in [2.24, 2.45) is 26.8 Å². The molecule has 2 fully saturated rings. The van der Waals surface area contributed by atoms with Crippen LogP contribution >= 0.6 is 0 Å². The quantitative estimate of drug-likeness (QED) is 0.743. The lowest BCUT2D eigenvalue weighted by Gasteiger charge is -2.35. The number of benzene rings is 1. The molecule has 1 aromatic rings. The Bertz CT molecular complexity index is 952. The van der Waals surface area contributed by atoms with Crippen LogP contribution in [-0.4, -0.2) is 80.3 Å². The fourth-order valence-electron chi connectivity index (χ4n) is 5.23. The summed E-state index contributed by atoms with van der Waals surface area (Å²) in [5.74, 6) is 1.64. The molecule has 1 aromatic carbocycles. The molecule has 5 heterocycles. The zero-order valence-corrected chi connectivity index (χ0v) is 16.7. The van der Waals surface area contributed by atoms with Gasteiger partial charge >= 0.3 is 0 Å². The molecule has 6 rings (SSSR count). The number of hydrogen-bond acceptors (Lipinski definition) is 8. The topological polar surface area (TPSA) is 87.9 Å². The Kier molecular flexibility index (Phi) is 4.42. The van der Waals surface area contributed by atoms with Crippen LogP contribution in [-0.2, 0) is 20.7 Å². The number of rotatable bonds is 2. The molecule has 0 aliphatic carbocycles. The zero-order chi connectivity index (χ0) is 20.1. The molecule has 0 bridgehead atoms. The van der Waals surface area contributed by atoms with E-state index in [-0.39, 0.29) is 30.2 Å². The Morgan fingerprint density at radius 1 is 1.23 bits per heavy atom. The van der Waals surface area contributed by atoms with Crippen molar-refractivity contribution in [2.45, 2.75) is 31.2 Å². The summed E-state index contributed by atoms with van der Waals surface area (Å²) in [6.07, 6.45) is 3.93. The highest BCUT2D eigenvalue weighted by molar-refractivity contribution is 6.11. The average Bonchev–Trinajstić information content (AvgIpc) is 3.43. The Morgan fingerprint density at radius 2 is 2.13 bits per heavy atom. The summed E-state index contributed by atoms with van der Waals surface area (Å²) < 4.78 is 11.9. The van der Waals surface area contributed by atoms with E-state index < -0.39 is 0 Å². The van der Waals surface area contributed by atoms with Crippen LogP contribution in [0.4, 0.5) is 5.69 Å². The molecule has 8 heteroatoms. The van der Waals surface area contributed by atoms with E-state index in [1.807, 2.05) is 0 Å². The van der Waals surface area contributed by atoms with Gasteiger partial charge in [0.1, 0.15) is 18.2 Å². The van der Waals surface area contributed by atoms with Gasteiger partial charge in [-0.15, -0.1) is 0 Å². The average molecular weight is 407 g/mol. The van der Waals surface area contributed by atoms with E-state index in [4.69, 9.17) is 19.5 Å². The molecule has 0 radical (unpaired) electrons. The second-order valence-electron chi connectivity index (χ2n) is 8.47. The molecule has 5 aliphatic heterocycles. The summed E-state index contributed by atoms with van der Waals surface area (Å²) >= 11 is 0. The van der Waals surface area contributed by atoms with Crippen LogP contribution in [0.3, 0.4) is 0 Å². The summed E-state index contributed by atoms with van der Waals surface area (Å²) in [4.78, 5) is 28.4. The maximum atomic E-state index is 11.4. The Balaban J connectivity index is 1.43. The van der Waals surface area contributed by atoms with Gasteiger partial charge in [-0.3, -0.25) is 9.98 Å². The van der Waals surface area contributed by atoms with E-state index >= 15 is 0 Å². The third-order valence-electron chi connectivity index (χ3n) is 6.73. The number of aliphatic imine (C=N–C) groups is 3. The lowest BCUT2D eigenvalue weighted by atomic mass is 9.85. The Labute approximate surface area is 175 Å². The molecular formula is C22H25N5O3. The maximum Gasteiger partial charge on any atom is 0.157 e. The van der Waals surface area contributed by atoms with Gasteiger partial charge < -0.3 is 24.5 Å². The van der Waals surface area contributed by atoms with Gasteiger partial charge in [0.2, 0.25) is 0 Å². The van der Waals surface area contributed by atoms with Crippen LogP contribution in [0.5, 0.6) is 0 Å². The lowest BCUT2D eigenvalue weighted by molar-refractivity contribution is -0.110. The van der Waals surface area contributed by atoms with Gasteiger partial charge in [-0.1, -0.05) is 12.1 Å². The van der Waals surface area contributed by atoms with Crippen LogP contribution in [0.2, 0.25) is 0 Å². The molecule has 8 nitrogen and oxygen atoms in total. The normalized spacial score (nSPS) is 34.4. The maximum absolute atomic E-state index is 11.4. The number of amidine groups is 2. The first-order chi connectivity index (χ1) is 14.8. The first-order valence-corrected chi connectivity index (χ1v) is 10.8. The number of fused-ring (bicyclic) bond motifs is 4. The molecule has 0 aromatic heterocycles. The minimum Gasteiger partial charge on any atom is -0.384 e. The van der Waals surface area contributed by atoms with Crippen molar-refractivity contribution < 1.29 is 14.3 Å². The van der Waals surface area contributed by atoms with Crippen molar-refractivity contribution >= 4 is 29.9 Å². The van der Waals surface area contributed by atoms with Crippen molar-refractivity contribution in [3.05, 3.63) is 29.3 Å². The Morgan fingerprint density at radius 3 is 3.00 bits per heavy atom. The second kappa shape index (κ2) is 7.28. The number of carbonyl (C=O) groups is 1. The molecular weight excluding hydrogens is 382 g/mol. The van der Waals surface area contributed by atoms with Crippen molar-refractivity contribution in [1.29, 1.82) is 0 Å². The fourth-order valence-corrected chi connectivity index (χ4v) is 5.23. The van der Waals surface area contributed by atoms with Crippen molar-refractivity contribution in [3.63, 3.8) is 0 Å². The summed E-state index contributed by atoms with van der Waals surface area (Å²) in [5, 5.41) is 3.45. The van der Waals surface area contributed by atoms with E-state index in [2.05, 4.69) is 33.4 Å². The predicted molar refractivity (Wildman–Crippen MR) is 114 cm³/mol. The molecule has 5 unspecified atom stereocenters. The number of morpholine rings is 1. The van der Waals surface area contributed by atoms with E-state index in [9.17, 15) is 4.79 Å². The monoisotopic (exact) mass is 407 g/mol. The number of nitrogens with zero attached hydrogens (tertiary/aromatic N) is 4. The molecule has 0 amide bonds. The minimum absolute atomic E-state index is 0.0783. The number of aldehydes is 1. The van der Waals surface area contributed by atoms with Crippen molar-refractivity contribution in [3.8, 4) is 0 Å². The fraction of sp³-hybridized carbons (Fsp3) is 0.545. The zero-order valence-electron chi connectivity index (χ0n) is 16.7. The molecule has 156 valence electrons. The van der Waals surface area contributed by atoms with Crippen LogP contribution < -0.4 is 5.32 Å². The molecule has 0 saturated carbocycles. The molecule has 5 aliphatic rings. The third kappa shape index (κ3) is 2.89. The molecule has 30 heavy (non-hydrogen) atoms. The predicted octanol–water partition coefficient (Wildman–Crippen LogP) is 1.14. The Hall–Kier alpha value is -2.58. The molecule has 5 atom stereocenters. The van der Waals surface area contributed by atoms with Gasteiger partial charge in [-0.05, 0) is 24.5 Å². The smallest absolute Gasteiger partial charge is 0.157 e. The van der Waals surface area contributed by atoms with Crippen LogP contribution in [0.1, 0.15) is 17.5 Å². The summed E-state index contributed by atoms with van der Waals surface area (Å²) in [6.45, 7) is 3.90. The largest absolute Gasteiger partial charge is 0.384 e.